The number of nitrogens with zero attached hydrogens (tertiary/aromatic N) is 3. The van der Waals surface area contributed by atoms with Crippen molar-refractivity contribution in [2.45, 2.75) is 32.7 Å². The van der Waals surface area contributed by atoms with Gasteiger partial charge in [-0.3, -0.25) is 4.79 Å². The molecule has 0 spiro atoms. The lowest BCUT2D eigenvalue weighted by Crippen LogP contribution is -2.26. The zero-order valence-electron chi connectivity index (χ0n) is 7.27. The Morgan fingerprint density at radius 2 is 2.08 bits per heavy atom. The molecule has 0 aliphatic heterocycles. The molecule has 0 aromatic heterocycles. The van der Waals surface area contributed by atoms with Crippen molar-refractivity contribution in [3.8, 4) is 0 Å². The van der Waals surface area contributed by atoms with Crippen LogP contribution in [0.5, 0.6) is 0 Å². The van der Waals surface area contributed by atoms with E-state index in [1.54, 1.807) is 0 Å². The quantitative estimate of drug-likeness (QED) is 0.390. The molecule has 0 aliphatic rings. The van der Waals surface area contributed by atoms with E-state index in [1.807, 2.05) is 13.8 Å². The highest BCUT2D eigenvalue weighted by Gasteiger charge is 2.23. The van der Waals surface area contributed by atoms with Crippen LogP contribution in [0.25, 0.3) is 10.4 Å². The molecule has 0 rings (SSSR count). The van der Waals surface area contributed by atoms with E-state index in [9.17, 15) is 4.79 Å². The largest absolute Gasteiger partial charge is 0.481 e. The average molecular weight is 171 g/mol. The molecule has 1 atom stereocenters. The van der Waals surface area contributed by atoms with Gasteiger partial charge in [-0.1, -0.05) is 31.8 Å². The Balaban J connectivity index is 4.46. The first-order valence-electron chi connectivity index (χ1n) is 3.94. The molecule has 0 amide bonds. The van der Waals surface area contributed by atoms with Crippen molar-refractivity contribution < 1.29 is 9.90 Å². The second-order valence-electron chi connectivity index (χ2n) is 2.56. The van der Waals surface area contributed by atoms with Crippen molar-refractivity contribution in [2.75, 3.05) is 0 Å². The molecule has 1 unspecified atom stereocenters. The van der Waals surface area contributed by atoms with Crippen molar-refractivity contribution in [3.63, 3.8) is 0 Å². The number of aliphatic carboxylic acids is 1. The molecule has 0 saturated heterocycles. The molecule has 1 N–H and O–H groups in total. The summed E-state index contributed by atoms with van der Waals surface area (Å²) in [7, 11) is 0. The number of carbonyl (C=O) groups is 1. The van der Waals surface area contributed by atoms with Gasteiger partial charge in [0.25, 0.3) is 0 Å². The maximum absolute atomic E-state index is 10.6. The van der Waals surface area contributed by atoms with Gasteiger partial charge >= 0.3 is 5.97 Å². The predicted octanol–water partition coefficient (Wildman–Crippen LogP) is 2.19. The summed E-state index contributed by atoms with van der Waals surface area (Å²) in [6.45, 7) is 3.77. The fraction of sp³-hybridized carbons (Fsp3) is 0.857. The van der Waals surface area contributed by atoms with Crippen LogP contribution in [-0.4, -0.2) is 17.1 Å². The Bertz CT molecular complexity index is 193. The average Bonchev–Trinajstić information content (AvgIpc) is 2.05. The molecule has 5 heteroatoms. The van der Waals surface area contributed by atoms with E-state index in [0.717, 1.165) is 0 Å². The summed E-state index contributed by atoms with van der Waals surface area (Å²) in [6.07, 6.45) is 1.43. The van der Waals surface area contributed by atoms with Crippen LogP contribution in [0.15, 0.2) is 5.11 Å². The summed E-state index contributed by atoms with van der Waals surface area (Å²) in [5.41, 5.74) is 8.12. The van der Waals surface area contributed by atoms with Crippen LogP contribution in [-0.2, 0) is 4.79 Å². The minimum atomic E-state index is -1.04. The molecule has 68 valence electrons. The molecule has 0 saturated carbocycles. The SMILES string of the molecule is CCC(CC)C(N=[N+]=[N-])C(=O)O. The van der Waals surface area contributed by atoms with Crippen molar-refractivity contribution >= 4 is 5.97 Å². The number of hydrogen-bond acceptors (Lipinski definition) is 2. The van der Waals surface area contributed by atoms with Crippen molar-refractivity contribution in [2.24, 2.45) is 11.0 Å². The minimum Gasteiger partial charge on any atom is -0.481 e. The van der Waals surface area contributed by atoms with Crippen LogP contribution in [0.3, 0.4) is 0 Å². The van der Waals surface area contributed by atoms with E-state index in [1.165, 1.54) is 0 Å². The Labute approximate surface area is 71.0 Å². The number of carboxylic acid groups (broad SMARTS) is 1. The molecule has 0 aliphatic carbocycles. The minimum absolute atomic E-state index is 0.0570. The second kappa shape index (κ2) is 5.43. The number of rotatable bonds is 5. The van der Waals surface area contributed by atoms with Gasteiger partial charge in [0.05, 0.1) is 0 Å². The molecule has 0 aromatic rings. The van der Waals surface area contributed by atoms with Gasteiger partial charge in [0.15, 0.2) is 0 Å². The third kappa shape index (κ3) is 2.80. The van der Waals surface area contributed by atoms with Gasteiger partial charge in [-0.05, 0) is 11.4 Å². The van der Waals surface area contributed by atoms with Crippen LogP contribution in [0.4, 0.5) is 0 Å². The summed E-state index contributed by atoms with van der Waals surface area (Å²) < 4.78 is 0. The highest BCUT2D eigenvalue weighted by molar-refractivity contribution is 5.74. The van der Waals surface area contributed by atoms with E-state index < -0.39 is 12.0 Å². The zero-order valence-corrected chi connectivity index (χ0v) is 7.27. The van der Waals surface area contributed by atoms with E-state index in [-0.39, 0.29) is 5.92 Å². The third-order valence-electron chi connectivity index (χ3n) is 1.92. The van der Waals surface area contributed by atoms with Gasteiger partial charge in [-0.25, -0.2) is 0 Å². The van der Waals surface area contributed by atoms with Crippen LogP contribution < -0.4 is 0 Å². The lowest BCUT2D eigenvalue weighted by atomic mass is 9.95. The first-order chi connectivity index (χ1) is 5.67. The molecular weight excluding hydrogens is 158 g/mol. The van der Waals surface area contributed by atoms with Gasteiger partial charge < -0.3 is 5.11 Å². The Morgan fingerprint density at radius 1 is 1.58 bits per heavy atom. The van der Waals surface area contributed by atoms with Crippen molar-refractivity contribution in [1.29, 1.82) is 0 Å². The molecule has 0 heterocycles. The van der Waals surface area contributed by atoms with Crippen LogP contribution in [0.1, 0.15) is 26.7 Å². The van der Waals surface area contributed by atoms with Gasteiger partial charge in [0, 0.05) is 4.91 Å². The van der Waals surface area contributed by atoms with Crippen molar-refractivity contribution in [1.82, 2.24) is 0 Å². The topological polar surface area (TPSA) is 86.1 Å². The highest BCUT2D eigenvalue weighted by atomic mass is 16.4. The smallest absolute Gasteiger partial charge is 0.312 e. The van der Waals surface area contributed by atoms with Crippen LogP contribution in [0.2, 0.25) is 0 Å². The van der Waals surface area contributed by atoms with Gasteiger partial charge in [0.2, 0.25) is 0 Å². The van der Waals surface area contributed by atoms with E-state index in [2.05, 4.69) is 10.0 Å². The lowest BCUT2D eigenvalue weighted by molar-refractivity contribution is -0.139. The molecule has 12 heavy (non-hydrogen) atoms. The molecule has 0 fully saturated rings. The third-order valence-corrected chi connectivity index (χ3v) is 1.92. The maximum atomic E-state index is 10.6. The summed E-state index contributed by atoms with van der Waals surface area (Å²) in [6, 6.07) is -0.912. The summed E-state index contributed by atoms with van der Waals surface area (Å²) >= 11 is 0. The van der Waals surface area contributed by atoms with Crippen molar-refractivity contribution in [3.05, 3.63) is 10.4 Å². The second-order valence-corrected chi connectivity index (χ2v) is 2.56. The fourth-order valence-corrected chi connectivity index (χ4v) is 1.14. The Morgan fingerprint density at radius 3 is 2.33 bits per heavy atom. The van der Waals surface area contributed by atoms with Gasteiger partial charge in [-0.15, -0.1) is 0 Å². The Kier molecular flexibility index (Phi) is 4.88. The van der Waals surface area contributed by atoms with E-state index >= 15 is 0 Å². The molecular formula is C7H13N3O2. The highest BCUT2D eigenvalue weighted by Crippen LogP contribution is 2.16. The van der Waals surface area contributed by atoms with E-state index in [0.29, 0.717) is 12.8 Å². The Hall–Kier alpha value is -1.22. The molecule has 0 radical (unpaired) electrons. The number of azide groups is 1. The summed E-state index contributed by atoms with van der Waals surface area (Å²) in [5.74, 6) is -1.10. The predicted molar refractivity (Wildman–Crippen MR) is 44.6 cm³/mol. The van der Waals surface area contributed by atoms with Crippen LogP contribution in [0, 0.1) is 5.92 Å². The first-order valence-corrected chi connectivity index (χ1v) is 3.94. The normalized spacial score (nSPS) is 12.2. The first kappa shape index (κ1) is 10.8. The summed E-state index contributed by atoms with van der Waals surface area (Å²) in [5, 5.41) is 11.9. The fourth-order valence-electron chi connectivity index (χ4n) is 1.14. The number of hydrogen-bond donors (Lipinski definition) is 1. The van der Waals surface area contributed by atoms with Crippen LogP contribution >= 0.6 is 0 Å². The van der Waals surface area contributed by atoms with Gasteiger partial charge in [-0.2, -0.15) is 0 Å². The van der Waals surface area contributed by atoms with Gasteiger partial charge in [0.1, 0.15) is 6.04 Å². The molecule has 0 aromatic carbocycles. The number of carboxylic acids is 1. The monoisotopic (exact) mass is 171 g/mol. The summed E-state index contributed by atoms with van der Waals surface area (Å²) in [4.78, 5) is 13.1. The molecule has 5 nitrogen and oxygen atoms in total. The maximum Gasteiger partial charge on any atom is 0.312 e. The molecule has 0 bridgehead atoms. The standard InChI is InChI=1S/C7H13N3O2/c1-3-5(4-2)6(7(11)12)9-10-8/h5-6H,3-4H2,1-2H3,(H,11,12). The lowest BCUT2D eigenvalue weighted by Gasteiger charge is -2.15. The zero-order chi connectivity index (χ0) is 9.56. The van der Waals surface area contributed by atoms with E-state index in [4.69, 9.17) is 10.6 Å².